The highest BCUT2D eigenvalue weighted by Crippen LogP contribution is 2.08. The monoisotopic (exact) mass is 274 g/mol. The van der Waals surface area contributed by atoms with Crippen molar-refractivity contribution in [2.45, 2.75) is 39.5 Å². The predicted octanol–water partition coefficient (Wildman–Crippen LogP) is 3.44. The number of thioether (sulfide) groups is 1. The van der Waals surface area contributed by atoms with E-state index in [1.165, 1.54) is 19.3 Å². The molecule has 4 heteroatoms. The van der Waals surface area contributed by atoms with Gasteiger partial charge in [-0.25, -0.2) is 4.79 Å². The quantitative estimate of drug-likeness (QED) is 0.310. The van der Waals surface area contributed by atoms with Crippen molar-refractivity contribution in [3.8, 4) is 0 Å². The van der Waals surface area contributed by atoms with Crippen LogP contribution in [0, 0.1) is 0 Å². The summed E-state index contributed by atoms with van der Waals surface area (Å²) < 4.78 is 10.4. The Kier molecular flexibility index (Phi) is 12.6. The molecule has 0 aromatic rings. The van der Waals surface area contributed by atoms with Gasteiger partial charge in [-0.3, -0.25) is 0 Å². The molecule has 0 aliphatic heterocycles. The zero-order valence-electron chi connectivity index (χ0n) is 11.7. The second kappa shape index (κ2) is 13.0. The smallest absolute Gasteiger partial charge is 0.334 e. The van der Waals surface area contributed by atoms with Crippen LogP contribution in [0.5, 0.6) is 0 Å². The van der Waals surface area contributed by atoms with E-state index in [9.17, 15) is 4.79 Å². The largest absolute Gasteiger partial charge is 0.463 e. The van der Waals surface area contributed by atoms with Gasteiger partial charge < -0.3 is 9.47 Å². The fraction of sp³-hybridized carbons (Fsp3) is 0.786. The summed E-state index contributed by atoms with van der Waals surface area (Å²) >= 11 is 1.66. The summed E-state index contributed by atoms with van der Waals surface area (Å²) in [6, 6.07) is 0. The molecular weight excluding hydrogens is 248 g/mol. The summed E-state index contributed by atoms with van der Waals surface area (Å²) in [6.07, 6.45) is 4.95. The van der Waals surface area contributed by atoms with E-state index in [0.29, 0.717) is 17.9 Å². The average molecular weight is 274 g/mol. The zero-order valence-corrected chi connectivity index (χ0v) is 12.5. The minimum absolute atomic E-state index is 0.287. The van der Waals surface area contributed by atoms with Crippen molar-refractivity contribution in [3.63, 3.8) is 0 Å². The predicted molar refractivity (Wildman–Crippen MR) is 78.1 cm³/mol. The maximum Gasteiger partial charge on any atom is 0.334 e. The summed E-state index contributed by atoms with van der Waals surface area (Å²) in [4.78, 5) is 11.2. The van der Waals surface area contributed by atoms with Gasteiger partial charge in [0.05, 0.1) is 13.2 Å². The van der Waals surface area contributed by atoms with Gasteiger partial charge in [-0.05, 0) is 13.3 Å². The number of ether oxygens (including phenoxy) is 2. The number of rotatable bonds is 12. The fourth-order valence-electron chi connectivity index (χ4n) is 1.34. The second-order valence-corrected chi connectivity index (χ2v) is 5.15. The molecule has 0 amide bonds. The maximum absolute atomic E-state index is 11.2. The van der Waals surface area contributed by atoms with Crippen molar-refractivity contribution in [2.24, 2.45) is 0 Å². The molecule has 0 fully saturated rings. The molecule has 0 unspecified atom stereocenters. The Balaban J connectivity index is 3.25. The van der Waals surface area contributed by atoms with Gasteiger partial charge in [-0.15, -0.1) is 0 Å². The lowest BCUT2D eigenvalue weighted by molar-refractivity contribution is -0.138. The Morgan fingerprint density at radius 2 is 1.94 bits per heavy atom. The number of carbonyl (C=O) groups is 1. The normalized spacial score (nSPS) is 10.3. The van der Waals surface area contributed by atoms with Gasteiger partial charge in [0.2, 0.25) is 0 Å². The SMILES string of the molecule is C=C(CSCCOCCCCCC)C(=O)OCC. The van der Waals surface area contributed by atoms with E-state index in [-0.39, 0.29) is 5.97 Å². The first-order chi connectivity index (χ1) is 8.72. The molecule has 0 aliphatic carbocycles. The molecule has 0 N–H and O–H groups in total. The highest BCUT2D eigenvalue weighted by atomic mass is 32.2. The first-order valence-corrected chi connectivity index (χ1v) is 7.88. The van der Waals surface area contributed by atoms with Crippen LogP contribution < -0.4 is 0 Å². The number of hydrogen-bond acceptors (Lipinski definition) is 4. The molecule has 0 heterocycles. The van der Waals surface area contributed by atoms with Crippen molar-refractivity contribution >= 4 is 17.7 Å². The first kappa shape index (κ1) is 17.5. The lowest BCUT2D eigenvalue weighted by Crippen LogP contribution is -2.09. The molecule has 3 nitrogen and oxygen atoms in total. The highest BCUT2D eigenvalue weighted by molar-refractivity contribution is 7.99. The van der Waals surface area contributed by atoms with Gasteiger partial charge in [0.15, 0.2) is 0 Å². The van der Waals surface area contributed by atoms with E-state index in [4.69, 9.17) is 9.47 Å². The van der Waals surface area contributed by atoms with Crippen molar-refractivity contribution in [1.82, 2.24) is 0 Å². The summed E-state index contributed by atoms with van der Waals surface area (Å²) in [5.41, 5.74) is 0.532. The third kappa shape index (κ3) is 10.7. The summed E-state index contributed by atoms with van der Waals surface area (Å²) in [5.74, 6) is 1.23. The molecule has 0 aromatic heterocycles. The number of unbranched alkanes of at least 4 members (excludes halogenated alkanes) is 3. The maximum atomic E-state index is 11.2. The zero-order chi connectivity index (χ0) is 13.6. The number of hydrogen-bond donors (Lipinski definition) is 0. The molecule has 0 bridgehead atoms. The third-order valence-electron chi connectivity index (χ3n) is 2.35. The van der Waals surface area contributed by atoms with Crippen LogP contribution in [0.3, 0.4) is 0 Å². The van der Waals surface area contributed by atoms with Crippen LogP contribution in [0.15, 0.2) is 12.2 Å². The molecule has 0 spiro atoms. The minimum Gasteiger partial charge on any atom is -0.463 e. The Morgan fingerprint density at radius 3 is 2.61 bits per heavy atom. The highest BCUT2D eigenvalue weighted by Gasteiger charge is 2.06. The fourth-order valence-corrected chi connectivity index (χ4v) is 2.08. The third-order valence-corrected chi connectivity index (χ3v) is 3.36. The molecule has 0 saturated carbocycles. The first-order valence-electron chi connectivity index (χ1n) is 6.72. The van der Waals surface area contributed by atoms with E-state index in [1.54, 1.807) is 18.7 Å². The van der Waals surface area contributed by atoms with Crippen molar-refractivity contribution in [2.75, 3.05) is 31.3 Å². The van der Waals surface area contributed by atoms with E-state index < -0.39 is 0 Å². The van der Waals surface area contributed by atoms with Crippen LogP contribution in [0.2, 0.25) is 0 Å². The van der Waals surface area contributed by atoms with Crippen LogP contribution in [0.25, 0.3) is 0 Å². The van der Waals surface area contributed by atoms with Crippen molar-refractivity contribution < 1.29 is 14.3 Å². The van der Waals surface area contributed by atoms with Crippen LogP contribution in [0.1, 0.15) is 39.5 Å². The van der Waals surface area contributed by atoms with E-state index in [1.807, 2.05) is 0 Å². The van der Waals surface area contributed by atoms with Crippen LogP contribution in [-0.2, 0) is 14.3 Å². The molecule has 0 rings (SSSR count). The van der Waals surface area contributed by atoms with E-state index >= 15 is 0 Å². The Labute approximate surface area is 115 Å². The van der Waals surface area contributed by atoms with Gasteiger partial charge in [-0.1, -0.05) is 32.8 Å². The summed E-state index contributed by atoms with van der Waals surface area (Å²) in [5, 5.41) is 0. The van der Waals surface area contributed by atoms with Gasteiger partial charge in [0.1, 0.15) is 0 Å². The lowest BCUT2D eigenvalue weighted by Gasteiger charge is -2.06. The summed E-state index contributed by atoms with van der Waals surface area (Å²) in [7, 11) is 0. The van der Waals surface area contributed by atoms with Gasteiger partial charge in [0.25, 0.3) is 0 Å². The topological polar surface area (TPSA) is 35.5 Å². The van der Waals surface area contributed by atoms with Gasteiger partial charge in [-0.2, -0.15) is 11.8 Å². The van der Waals surface area contributed by atoms with Crippen molar-refractivity contribution in [3.05, 3.63) is 12.2 Å². The number of esters is 1. The molecule has 0 aliphatic rings. The van der Waals surface area contributed by atoms with E-state index in [2.05, 4.69) is 13.5 Å². The lowest BCUT2D eigenvalue weighted by atomic mass is 10.2. The molecule has 0 saturated heterocycles. The molecule has 106 valence electrons. The van der Waals surface area contributed by atoms with Crippen molar-refractivity contribution in [1.29, 1.82) is 0 Å². The second-order valence-electron chi connectivity index (χ2n) is 4.05. The Bertz CT molecular complexity index is 229. The van der Waals surface area contributed by atoms with Gasteiger partial charge >= 0.3 is 5.97 Å². The standard InChI is InChI=1S/C14H26O3S/c1-4-6-7-8-9-16-10-11-18-12-13(3)14(15)17-5-2/h3-12H2,1-2H3. The molecule has 0 atom stereocenters. The minimum atomic E-state index is -0.287. The van der Waals surface area contributed by atoms with Crippen LogP contribution in [0.4, 0.5) is 0 Å². The Hall–Kier alpha value is -0.480. The van der Waals surface area contributed by atoms with Gasteiger partial charge in [0, 0.05) is 23.7 Å². The molecule has 0 radical (unpaired) electrons. The van der Waals surface area contributed by atoms with E-state index in [0.717, 1.165) is 25.4 Å². The molecule has 18 heavy (non-hydrogen) atoms. The molecular formula is C14H26O3S. The van der Waals surface area contributed by atoms with Crippen LogP contribution >= 0.6 is 11.8 Å². The summed E-state index contributed by atoms with van der Waals surface area (Å²) in [6.45, 7) is 9.70. The average Bonchev–Trinajstić information content (AvgIpc) is 2.36. The van der Waals surface area contributed by atoms with Crippen LogP contribution in [-0.4, -0.2) is 37.3 Å². The Morgan fingerprint density at radius 1 is 1.17 bits per heavy atom. The number of carbonyl (C=O) groups excluding carboxylic acids is 1. The molecule has 0 aromatic carbocycles.